The van der Waals surface area contributed by atoms with Gasteiger partial charge in [0.05, 0.1) is 11.5 Å². The summed E-state index contributed by atoms with van der Waals surface area (Å²) in [6.07, 6.45) is 0. The largest absolute Gasteiger partial charge is 0.394 e. The summed E-state index contributed by atoms with van der Waals surface area (Å²) in [5.41, 5.74) is -0.997. The molecule has 0 aliphatic rings. The highest BCUT2D eigenvalue weighted by Crippen LogP contribution is 2.32. The molecule has 5 nitrogen and oxygen atoms in total. The lowest BCUT2D eigenvalue weighted by Gasteiger charge is -2.25. The number of benzene rings is 1. The quantitative estimate of drug-likeness (QED) is 0.648. The lowest BCUT2D eigenvalue weighted by atomic mass is 10.2. The topological polar surface area (TPSA) is 66.6 Å². The van der Waals surface area contributed by atoms with Crippen LogP contribution in [0.4, 0.5) is 20.2 Å². The molecule has 17 heavy (non-hydrogen) atoms. The molecule has 1 atom stereocenters. The smallest absolute Gasteiger partial charge is 0.295 e. The third-order valence-electron chi connectivity index (χ3n) is 2.52. The molecule has 1 aromatic rings. The number of nitro benzene ring substituents is 1. The number of anilines is 1. The zero-order chi connectivity index (χ0) is 13.2. The Morgan fingerprint density at radius 2 is 2.12 bits per heavy atom. The van der Waals surface area contributed by atoms with Crippen molar-refractivity contribution in [1.82, 2.24) is 0 Å². The zero-order valence-corrected chi connectivity index (χ0v) is 9.35. The van der Waals surface area contributed by atoms with Crippen LogP contribution in [0.2, 0.25) is 0 Å². The summed E-state index contributed by atoms with van der Waals surface area (Å²) in [6.45, 7) is 1.21. The summed E-state index contributed by atoms with van der Waals surface area (Å²) in [5, 5.41) is 19.7. The molecular weight excluding hydrogens is 234 g/mol. The van der Waals surface area contributed by atoms with Crippen LogP contribution in [-0.2, 0) is 0 Å². The van der Waals surface area contributed by atoms with Gasteiger partial charge in [0, 0.05) is 19.2 Å². The maximum Gasteiger partial charge on any atom is 0.295 e. The lowest BCUT2D eigenvalue weighted by Crippen LogP contribution is -2.33. The van der Waals surface area contributed by atoms with Crippen molar-refractivity contribution < 1.29 is 18.8 Å². The molecule has 0 saturated carbocycles. The first-order chi connectivity index (χ1) is 7.90. The Hall–Kier alpha value is -1.76. The van der Waals surface area contributed by atoms with Crippen molar-refractivity contribution in [2.75, 3.05) is 18.6 Å². The van der Waals surface area contributed by atoms with Gasteiger partial charge in [-0.1, -0.05) is 0 Å². The fourth-order valence-electron chi connectivity index (χ4n) is 1.36. The van der Waals surface area contributed by atoms with E-state index in [2.05, 4.69) is 0 Å². The number of hydrogen-bond acceptors (Lipinski definition) is 4. The summed E-state index contributed by atoms with van der Waals surface area (Å²) < 4.78 is 26.6. The molecule has 0 spiro atoms. The molecule has 1 unspecified atom stereocenters. The fraction of sp³-hybridized carbons (Fsp3) is 0.400. The van der Waals surface area contributed by atoms with Crippen molar-refractivity contribution in [3.05, 3.63) is 33.9 Å². The van der Waals surface area contributed by atoms with Crippen LogP contribution in [0.5, 0.6) is 0 Å². The number of rotatable bonds is 4. The summed E-state index contributed by atoms with van der Waals surface area (Å²) in [6, 6.07) is 1.04. The Labute approximate surface area is 96.4 Å². The van der Waals surface area contributed by atoms with Gasteiger partial charge in [-0.15, -0.1) is 0 Å². The molecule has 0 saturated heterocycles. The Morgan fingerprint density at radius 3 is 2.59 bits per heavy atom. The minimum atomic E-state index is -1.29. The molecule has 7 heteroatoms. The van der Waals surface area contributed by atoms with E-state index in [9.17, 15) is 18.9 Å². The Bertz CT molecular complexity index is 440. The zero-order valence-electron chi connectivity index (χ0n) is 9.35. The number of aliphatic hydroxyl groups is 1. The molecule has 0 amide bonds. The van der Waals surface area contributed by atoms with Gasteiger partial charge in [0.15, 0.2) is 17.3 Å². The maximum absolute atomic E-state index is 13.6. The van der Waals surface area contributed by atoms with Crippen molar-refractivity contribution in [3.8, 4) is 0 Å². The number of likely N-dealkylation sites (N-methyl/N-ethyl adjacent to an activating group) is 1. The summed E-state index contributed by atoms with van der Waals surface area (Å²) in [7, 11) is 1.35. The Kier molecular flexibility index (Phi) is 3.95. The normalized spacial score (nSPS) is 12.3. The van der Waals surface area contributed by atoms with E-state index in [0.717, 1.165) is 11.0 Å². The third-order valence-corrected chi connectivity index (χ3v) is 2.52. The van der Waals surface area contributed by atoms with Gasteiger partial charge in [-0.05, 0) is 13.0 Å². The minimum Gasteiger partial charge on any atom is -0.394 e. The molecule has 0 aliphatic carbocycles. The highest BCUT2D eigenvalue weighted by Gasteiger charge is 2.26. The molecule has 0 radical (unpaired) electrons. The first-order valence-corrected chi connectivity index (χ1v) is 4.86. The van der Waals surface area contributed by atoms with Crippen LogP contribution in [0, 0.1) is 21.7 Å². The van der Waals surface area contributed by atoms with Crippen molar-refractivity contribution in [1.29, 1.82) is 0 Å². The van der Waals surface area contributed by atoms with Crippen molar-refractivity contribution in [3.63, 3.8) is 0 Å². The van der Waals surface area contributed by atoms with Gasteiger partial charge in [-0.2, -0.15) is 0 Å². The van der Waals surface area contributed by atoms with Crippen LogP contribution >= 0.6 is 0 Å². The predicted octanol–water partition coefficient (Wildman–Crippen LogP) is 1.69. The molecule has 0 bridgehead atoms. The SMILES string of the molecule is CC(CO)N(C)c1c([N+](=O)[O-])ccc(F)c1F. The van der Waals surface area contributed by atoms with Crippen molar-refractivity contribution in [2.24, 2.45) is 0 Å². The van der Waals surface area contributed by atoms with E-state index < -0.39 is 34.0 Å². The average molecular weight is 246 g/mol. The molecule has 0 aliphatic heterocycles. The highest BCUT2D eigenvalue weighted by atomic mass is 19.2. The number of halogens is 2. The Morgan fingerprint density at radius 1 is 1.53 bits per heavy atom. The average Bonchev–Trinajstić information content (AvgIpc) is 2.30. The van der Waals surface area contributed by atoms with E-state index in [1.165, 1.54) is 14.0 Å². The van der Waals surface area contributed by atoms with Gasteiger partial charge in [0.25, 0.3) is 5.69 Å². The monoisotopic (exact) mass is 246 g/mol. The van der Waals surface area contributed by atoms with Crippen LogP contribution in [0.3, 0.4) is 0 Å². The van der Waals surface area contributed by atoms with Crippen LogP contribution in [-0.4, -0.2) is 29.7 Å². The molecule has 1 aromatic carbocycles. The standard InChI is InChI=1S/C10H12F2N2O3/c1-6(5-15)13(2)10-8(14(16)17)4-3-7(11)9(10)12/h3-4,6,15H,5H2,1-2H3. The summed E-state index contributed by atoms with van der Waals surface area (Å²) in [4.78, 5) is 11.1. The molecule has 0 fully saturated rings. The maximum atomic E-state index is 13.6. The van der Waals surface area contributed by atoms with Crippen molar-refractivity contribution >= 4 is 11.4 Å². The molecule has 1 N–H and O–H groups in total. The first kappa shape index (κ1) is 13.3. The number of hydrogen-bond donors (Lipinski definition) is 1. The van der Waals surface area contributed by atoms with Crippen LogP contribution in [0.1, 0.15) is 6.92 Å². The molecule has 0 heterocycles. The van der Waals surface area contributed by atoms with Crippen LogP contribution in [0.25, 0.3) is 0 Å². The van der Waals surface area contributed by atoms with E-state index in [-0.39, 0.29) is 6.61 Å². The third kappa shape index (κ3) is 2.50. The predicted molar refractivity (Wildman–Crippen MR) is 58.0 cm³/mol. The van der Waals surface area contributed by atoms with E-state index >= 15 is 0 Å². The van der Waals surface area contributed by atoms with Crippen LogP contribution < -0.4 is 4.90 Å². The van der Waals surface area contributed by atoms with Crippen molar-refractivity contribution in [2.45, 2.75) is 13.0 Å². The second-order valence-electron chi connectivity index (χ2n) is 3.63. The molecule has 1 rings (SSSR count). The minimum absolute atomic E-state index is 0.330. The summed E-state index contributed by atoms with van der Waals surface area (Å²) in [5.74, 6) is -2.45. The highest BCUT2D eigenvalue weighted by molar-refractivity contribution is 5.64. The second-order valence-corrected chi connectivity index (χ2v) is 3.63. The number of nitrogens with zero attached hydrogens (tertiary/aromatic N) is 2. The van der Waals surface area contributed by atoms with E-state index in [1.807, 2.05) is 0 Å². The van der Waals surface area contributed by atoms with Gasteiger partial charge < -0.3 is 10.0 Å². The summed E-state index contributed by atoms with van der Waals surface area (Å²) >= 11 is 0. The van der Waals surface area contributed by atoms with E-state index in [1.54, 1.807) is 0 Å². The van der Waals surface area contributed by atoms with Gasteiger partial charge in [-0.3, -0.25) is 10.1 Å². The lowest BCUT2D eigenvalue weighted by molar-refractivity contribution is -0.384. The van der Waals surface area contributed by atoms with E-state index in [4.69, 9.17) is 5.11 Å². The van der Waals surface area contributed by atoms with Crippen LogP contribution in [0.15, 0.2) is 12.1 Å². The second kappa shape index (κ2) is 5.05. The van der Waals surface area contributed by atoms with Gasteiger partial charge in [0.2, 0.25) is 0 Å². The van der Waals surface area contributed by atoms with Gasteiger partial charge in [0.1, 0.15) is 0 Å². The first-order valence-electron chi connectivity index (χ1n) is 4.86. The molecule has 0 aromatic heterocycles. The van der Waals surface area contributed by atoms with E-state index in [0.29, 0.717) is 6.07 Å². The molecular formula is C10H12F2N2O3. The number of aliphatic hydroxyl groups excluding tert-OH is 1. The molecule has 94 valence electrons. The van der Waals surface area contributed by atoms with Gasteiger partial charge in [-0.25, -0.2) is 8.78 Å². The van der Waals surface area contributed by atoms with Gasteiger partial charge >= 0.3 is 0 Å². The Balaban J connectivity index is 3.37. The number of nitro groups is 1. The fourth-order valence-corrected chi connectivity index (χ4v) is 1.36.